The van der Waals surface area contributed by atoms with Crippen LogP contribution in [0.1, 0.15) is 12.8 Å². The molecule has 1 aliphatic heterocycles. The molecule has 0 unspecified atom stereocenters. The number of piperidine rings is 1. The molecule has 2 rings (SSSR count). The topological polar surface area (TPSA) is 16.1 Å². The first-order chi connectivity index (χ1) is 7.07. The van der Waals surface area contributed by atoms with Crippen molar-refractivity contribution in [3.63, 3.8) is 0 Å². The molecule has 15 heavy (non-hydrogen) atoms. The van der Waals surface area contributed by atoms with Gasteiger partial charge in [0.2, 0.25) is 0 Å². The van der Waals surface area contributed by atoms with E-state index < -0.39 is 5.92 Å². The molecule has 82 valence electrons. The summed E-state index contributed by atoms with van der Waals surface area (Å²) in [6, 6.07) is 3.68. The zero-order valence-electron chi connectivity index (χ0n) is 8.09. The molecule has 1 saturated heterocycles. The Labute approximate surface area is 101 Å². The van der Waals surface area contributed by atoms with Gasteiger partial charge in [-0.05, 0) is 41.1 Å². The van der Waals surface area contributed by atoms with Crippen LogP contribution in [0.25, 0.3) is 0 Å². The summed E-state index contributed by atoms with van der Waals surface area (Å²) in [6.45, 7) is 0.462. The van der Waals surface area contributed by atoms with Gasteiger partial charge in [0.1, 0.15) is 5.82 Å². The SMILES string of the molecule is FC1(F)CCCN(c2ccc(I)cn2)C1. The lowest BCUT2D eigenvalue weighted by atomic mass is 10.1. The number of alkyl halides is 2. The van der Waals surface area contributed by atoms with Gasteiger partial charge >= 0.3 is 0 Å². The highest BCUT2D eigenvalue weighted by atomic mass is 127. The first-order valence-electron chi connectivity index (χ1n) is 4.81. The molecule has 1 fully saturated rings. The van der Waals surface area contributed by atoms with Gasteiger partial charge in [-0.3, -0.25) is 0 Å². The molecule has 0 bridgehead atoms. The number of rotatable bonds is 1. The second-order valence-corrected chi connectivity index (χ2v) is 4.96. The van der Waals surface area contributed by atoms with E-state index in [-0.39, 0.29) is 13.0 Å². The lowest BCUT2D eigenvalue weighted by Gasteiger charge is -2.33. The highest BCUT2D eigenvalue weighted by Gasteiger charge is 2.35. The van der Waals surface area contributed by atoms with Gasteiger partial charge in [0.25, 0.3) is 5.92 Å². The van der Waals surface area contributed by atoms with Crippen molar-refractivity contribution < 1.29 is 8.78 Å². The van der Waals surface area contributed by atoms with E-state index >= 15 is 0 Å². The molecule has 1 aromatic rings. The molecule has 0 atom stereocenters. The molecule has 0 N–H and O–H groups in total. The predicted octanol–water partition coefficient (Wildman–Crippen LogP) is 2.92. The largest absolute Gasteiger partial charge is 0.351 e. The quantitative estimate of drug-likeness (QED) is 0.739. The van der Waals surface area contributed by atoms with Crippen molar-refractivity contribution in [1.29, 1.82) is 0 Å². The number of hydrogen-bond acceptors (Lipinski definition) is 2. The Morgan fingerprint density at radius 2 is 2.20 bits per heavy atom. The van der Waals surface area contributed by atoms with Crippen molar-refractivity contribution in [2.45, 2.75) is 18.8 Å². The molecule has 0 radical (unpaired) electrons. The van der Waals surface area contributed by atoms with Gasteiger partial charge in [-0.2, -0.15) is 0 Å². The normalized spacial score (nSPS) is 20.3. The van der Waals surface area contributed by atoms with Gasteiger partial charge in [0.15, 0.2) is 0 Å². The Morgan fingerprint density at radius 1 is 1.40 bits per heavy atom. The fraction of sp³-hybridized carbons (Fsp3) is 0.500. The number of pyridine rings is 1. The van der Waals surface area contributed by atoms with Gasteiger partial charge in [-0.1, -0.05) is 0 Å². The van der Waals surface area contributed by atoms with Crippen LogP contribution in [0, 0.1) is 3.57 Å². The maximum atomic E-state index is 13.1. The van der Waals surface area contributed by atoms with E-state index in [0.717, 1.165) is 3.57 Å². The van der Waals surface area contributed by atoms with Gasteiger partial charge in [-0.25, -0.2) is 13.8 Å². The van der Waals surface area contributed by atoms with E-state index in [1.165, 1.54) is 0 Å². The maximum absolute atomic E-state index is 13.1. The van der Waals surface area contributed by atoms with E-state index in [2.05, 4.69) is 27.6 Å². The summed E-state index contributed by atoms with van der Waals surface area (Å²) in [5, 5.41) is 0. The lowest BCUT2D eigenvalue weighted by Crippen LogP contribution is -2.43. The summed E-state index contributed by atoms with van der Waals surface area (Å²) in [4.78, 5) is 5.80. The van der Waals surface area contributed by atoms with Crippen molar-refractivity contribution in [1.82, 2.24) is 4.98 Å². The number of hydrogen-bond donors (Lipinski definition) is 0. The van der Waals surface area contributed by atoms with Crippen molar-refractivity contribution in [3.8, 4) is 0 Å². The van der Waals surface area contributed by atoms with E-state index in [1.807, 2.05) is 6.07 Å². The average molecular weight is 324 g/mol. The van der Waals surface area contributed by atoms with Crippen LogP contribution in [0.3, 0.4) is 0 Å². The minimum absolute atomic E-state index is 0.00608. The van der Waals surface area contributed by atoms with Crippen molar-refractivity contribution in [2.75, 3.05) is 18.0 Å². The number of nitrogens with zero attached hydrogens (tertiary/aromatic N) is 2. The molecule has 1 aliphatic rings. The van der Waals surface area contributed by atoms with Gasteiger partial charge in [-0.15, -0.1) is 0 Å². The van der Waals surface area contributed by atoms with Crippen molar-refractivity contribution in [2.24, 2.45) is 0 Å². The lowest BCUT2D eigenvalue weighted by molar-refractivity contribution is -0.0118. The highest BCUT2D eigenvalue weighted by molar-refractivity contribution is 14.1. The van der Waals surface area contributed by atoms with Crippen LogP contribution in [0.15, 0.2) is 18.3 Å². The summed E-state index contributed by atoms with van der Waals surface area (Å²) in [6.07, 6.45) is 2.22. The molecule has 0 amide bonds. The first-order valence-corrected chi connectivity index (χ1v) is 5.89. The molecule has 0 aromatic carbocycles. The number of anilines is 1. The Hall–Kier alpha value is -0.460. The zero-order chi connectivity index (χ0) is 10.9. The summed E-state index contributed by atoms with van der Waals surface area (Å²) in [7, 11) is 0. The third-order valence-corrected chi connectivity index (χ3v) is 3.07. The summed E-state index contributed by atoms with van der Waals surface area (Å²) >= 11 is 2.15. The minimum Gasteiger partial charge on any atom is -0.351 e. The molecule has 1 aromatic heterocycles. The van der Waals surface area contributed by atoms with Crippen molar-refractivity contribution >= 4 is 28.4 Å². The molecule has 0 aliphatic carbocycles. The Morgan fingerprint density at radius 3 is 2.80 bits per heavy atom. The van der Waals surface area contributed by atoms with E-state index in [4.69, 9.17) is 0 Å². The van der Waals surface area contributed by atoms with E-state index in [9.17, 15) is 8.78 Å². The standard InChI is InChI=1S/C10H11F2IN2/c11-10(12)4-1-5-15(7-10)9-3-2-8(13)6-14-9/h2-3,6H,1,4-5,7H2. The van der Waals surface area contributed by atoms with Gasteiger partial charge in [0, 0.05) is 22.7 Å². The monoisotopic (exact) mass is 324 g/mol. The minimum atomic E-state index is -2.57. The Kier molecular flexibility index (Phi) is 3.08. The van der Waals surface area contributed by atoms with Crippen molar-refractivity contribution in [3.05, 3.63) is 21.9 Å². The fourth-order valence-electron chi connectivity index (χ4n) is 1.72. The molecule has 5 heteroatoms. The summed E-state index contributed by atoms with van der Waals surface area (Å²) in [5.74, 6) is -1.92. The Balaban J connectivity index is 2.13. The second kappa shape index (κ2) is 4.19. The molecule has 2 nitrogen and oxygen atoms in total. The molecular weight excluding hydrogens is 313 g/mol. The maximum Gasteiger partial charge on any atom is 0.265 e. The van der Waals surface area contributed by atoms with Crippen LogP contribution in [-0.2, 0) is 0 Å². The van der Waals surface area contributed by atoms with Crippen LogP contribution in [0.4, 0.5) is 14.6 Å². The second-order valence-electron chi connectivity index (χ2n) is 3.72. The molecular formula is C10H11F2IN2. The summed E-state index contributed by atoms with van der Waals surface area (Å²) in [5.41, 5.74) is 0. The van der Waals surface area contributed by atoms with Crippen LogP contribution >= 0.6 is 22.6 Å². The predicted molar refractivity (Wildman–Crippen MR) is 63.3 cm³/mol. The van der Waals surface area contributed by atoms with Gasteiger partial charge < -0.3 is 4.90 Å². The number of halogens is 3. The van der Waals surface area contributed by atoms with Crippen LogP contribution in [0.2, 0.25) is 0 Å². The zero-order valence-corrected chi connectivity index (χ0v) is 10.2. The molecule has 0 saturated carbocycles. The van der Waals surface area contributed by atoms with E-state index in [0.29, 0.717) is 18.8 Å². The van der Waals surface area contributed by atoms with Gasteiger partial charge in [0.05, 0.1) is 6.54 Å². The highest BCUT2D eigenvalue weighted by Crippen LogP contribution is 2.29. The summed E-state index contributed by atoms with van der Waals surface area (Å²) < 4.78 is 27.3. The van der Waals surface area contributed by atoms with E-state index in [1.54, 1.807) is 17.2 Å². The fourth-order valence-corrected chi connectivity index (χ4v) is 2.04. The average Bonchev–Trinajstić information content (AvgIpc) is 2.17. The third kappa shape index (κ3) is 2.76. The first kappa shape index (κ1) is 11.0. The number of aromatic nitrogens is 1. The van der Waals surface area contributed by atoms with Crippen LogP contribution in [0.5, 0.6) is 0 Å². The van der Waals surface area contributed by atoms with Crippen LogP contribution in [-0.4, -0.2) is 24.0 Å². The Bertz CT molecular complexity index is 340. The molecule has 2 heterocycles. The third-order valence-electron chi connectivity index (χ3n) is 2.43. The molecule has 0 spiro atoms. The smallest absolute Gasteiger partial charge is 0.265 e. The van der Waals surface area contributed by atoms with Crippen LogP contribution < -0.4 is 4.90 Å².